The van der Waals surface area contributed by atoms with Gasteiger partial charge >= 0.3 is 0 Å². The van der Waals surface area contributed by atoms with Crippen LogP contribution in [0.3, 0.4) is 0 Å². The maximum Gasteiger partial charge on any atom is 0.211 e. The van der Waals surface area contributed by atoms with Crippen LogP contribution in [0.25, 0.3) is 0 Å². The Balaban J connectivity index is 0.00000784. The summed E-state index contributed by atoms with van der Waals surface area (Å²) in [7, 11) is 3.23. The number of methoxy groups -OCH3 is 3. The fourth-order valence-electron chi connectivity index (χ4n) is 2.66. The monoisotopic (exact) mass is 544 g/mol. The van der Waals surface area contributed by atoms with Crippen molar-refractivity contribution >= 4 is 40.0 Å². The summed E-state index contributed by atoms with van der Waals surface area (Å²) in [6.07, 6.45) is 1.90. The minimum Gasteiger partial charge on any atom is -0.493 e. The number of hydrogen-bond donors (Lipinski definition) is 2. The number of sulfonamides is 1. The van der Waals surface area contributed by atoms with Gasteiger partial charge in [0, 0.05) is 33.2 Å². The normalized spacial score (nSPS) is 11.6. The molecule has 0 aliphatic rings. The van der Waals surface area contributed by atoms with Crippen LogP contribution < -0.4 is 24.8 Å². The molecule has 168 valence electrons. The number of aliphatic imine (C=N–C) groups is 1. The van der Waals surface area contributed by atoms with Gasteiger partial charge in [-0.1, -0.05) is 6.92 Å². The van der Waals surface area contributed by atoms with Crippen LogP contribution in [0.5, 0.6) is 17.2 Å². The Morgan fingerprint density at radius 1 is 1.10 bits per heavy atom. The van der Waals surface area contributed by atoms with Gasteiger partial charge in [0.05, 0.1) is 27.6 Å². The molecule has 0 saturated heterocycles. The van der Waals surface area contributed by atoms with Crippen LogP contribution in [0, 0.1) is 0 Å². The Kier molecular flexibility index (Phi) is 13.0. The molecule has 0 spiro atoms. The smallest absolute Gasteiger partial charge is 0.211 e. The molecule has 0 aliphatic carbocycles. The predicted octanol–water partition coefficient (Wildman–Crippen LogP) is 1.67. The van der Waals surface area contributed by atoms with Crippen molar-refractivity contribution in [1.82, 2.24) is 14.9 Å². The number of hydrogen-bond acceptors (Lipinski definition) is 6. The highest BCUT2D eigenvalue weighted by molar-refractivity contribution is 14.0. The number of ether oxygens (including phenoxy) is 3. The van der Waals surface area contributed by atoms with Crippen LogP contribution >= 0.6 is 24.0 Å². The number of nitrogens with one attached hydrogen (secondary N) is 2. The van der Waals surface area contributed by atoms with Crippen LogP contribution in [0.4, 0.5) is 0 Å². The van der Waals surface area contributed by atoms with E-state index in [2.05, 4.69) is 15.6 Å². The van der Waals surface area contributed by atoms with E-state index in [0.717, 1.165) is 5.56 Å². The van der Waals surface area contributed by atoms with Crippen LogP contribution in [-0.4, -0.2) is 72.9 Å². The first kappa shape index (κ1) is 27.5. The van der Waals surface area contributed by atoms with E-state index < -0.39 is 10.0 Å². The molecule has 0 bridgehead atoms. The molecule has 2 N–H and O–H groups in total. The molecule has 1 rings (SSSR count). The highest BCUT2D eigenvalue weighted by Gasteiger charge is 2.14. The second-order valence-electron chi connectivity index (χ2n) is 5.99. The van der Waals surface area contributed by atoms with E-state index in [4.69, 9.17) is 14.2 Å². The van der Waals surface area contributed by atoms with Crippen molar-refractivity contribution in [3.63, 3.8) is 0 Å². The Morgan fingerprint density at radius 3 is 2.10 bits per heavy atom. The fourth-order valence-corrected chi connectivity index (χ4v) is 3.59. The molecular formula is C18H33IN4O5S. The summed E-state index contributed by atoms with van der Waals surface area (Å²) in [6.45, 7) is 3.85. The standard InChI is InChI=1S/C18H32N4O5S.HI/c1-7-22(28(6,23)24)10-8-9-20-18(19-2)21-13-14-11-15(25-3)17(27-5)16(12-14)26-4;/h11-12H,7-10,13H2,1-6H3,(H2,19,20,21);1H. The molecule has 0 heterocycles. The van der Waals surface area contributed by atoms with E-state index in [9.17, 15) is 8.42 Å². The lowest BCUT2D eigenvalue weighted by Crippen LogP contribution is -2.39. The van der Waals surface area contributed by atoms with Crippen LogP contribution in [0.2, 0.25) is 0 Å². The average molecular weight is 544 g/mol. The third-order valence-corrected chi connectivity index (χ3v) is 5.49. The van der Waals surface area contributed by atoms with Crippen molar-refractivity contribution in [2.24, 2.45) is 4.99 Å². The number of guanidine groups is 1. The summed E-state index contributed by atoms with van der Waals surface area (Å²) in [4.78, 5) is 4.18. The van der Waals surface area contributed by atoms with Crippen molar-refractivity contribution in [2.75, 3.05) is 54.3 Å². The van der Waals surface area contributed by atoms with Gasteiger partial charge in [0.2, 0.25) is 15.8 Å². The van der Waals surface area contributed by atoms with Gasteiger partial charge < -0.3 is 24.8 Å². The third-order valence-electron chi connectivity index (χ3n) is 4.11. The van der Waals surface area contributed by atoms with Gasteiger partial charge in [-0.2, -0.15) is 0 Å². The van der Waals surface area contributed by atoms with Crippen molar-refractivity contribution in [3.05, 3.63) is 17.7 Å². The molecule has 0 aliphatic heterocycles. The van der Waals surface area contributed by atoms with Gasteiger partial charge in [-0.15, -0.1) is 24.0 Å². The summed E-state index contributed by atoms with van der Waals surface area (Å²) < 4.78 is 40.7. The zero-order valence-corrected chi connectivity index (χ0v) is 21.1. The minimum absolute atomic E-state index is 0. The van der Waals surface area contributed by atoms with Crippen LogP contribution in [0.1, 0.15) is 18.9 Å². The minimum atomic E-state index is -3.16. The molecule has 1 aromatic rings. The average Bonchev–Trinajstić information content (AvgIpc) is 2.68. The molecule has 0 amide bonds. The van der Waals surface area contributed by atoms with E-state index in [0.29, 0.717) is 55.8 Å². The van der Waals surface area contributed by atoms with Crippen molar-refractivity contribution in [1.29, 1.82) is 0 Å². The molecule has 1 aromatic carbocycles. The lowest BCUT2D eigenvalue weighted by Gasteiger charge is -2.18. The molecule has 29 heavy (non-hydrogen) atoms. The molecule has 0 saturated carbocycles. The third kappa shape index (κ3) is 8.83. The molecular weight excluding hydrogens is 511 g/mol. The first-order chi connectivity index (χ1) is 13.3. The maximum atomic E-state index is 11.6. The van der Waals surface area contributed by atoms with Gasteiger partial charge in [0.25, 0.3) is 0 Å². The Hall–Kier alpha value is -1.47. The van der Waals surface area contributed by atoms with E-state index in [1.807, 2.05) is 19.1 Å². The van der Waals surface area contributed by atoms with E-state index in [-0.39, 0.29) is 24.0 Å². The van der Waals surface area contributed by atoms with Crippen molar-refractivity contribution < 1.29 is 22.6 Å². The number of benzene rings is 1. The second-order valence-corrected chi connectivity index (χ2v) is 7.98. The molecule has 0 atom stereocenters. The Bertz CT molecular complexity index is 734. The van der Waals surface area contributed by atoms with Crippen molar-refractivity contribution in [2.45, 2.75) is 19.9 Å². The van der Waals surface area contributed by atoms with Crippen molar-refractivity contribution in [3.8, 4) is 17.2 Å². The second kappa shape index (κ2) is 13.7. The summed E-state index contributed by atoms with van der Waals surface area (Å²) in [6, 6.07) is 3.74. The predicted molar refractivity (Wildman–Crippen MR) is 126 cm³/mol. The van der Waals surface area contributed by atoms with Gasteiger partial charge in [0.1, 0.15) is 0 Å². The Morgan fingerprint density at radius 2 is 1.69 bits per heavy atom. The van der Waals surface area contributed by atoms with Gasteiger partial charge in [-0.25, -0.2) is 12.7 Å². The fraction of sp³-hybridized carbons (Fsp3) is 0.611. The number of nitrogens with zero attached hydrogens (tertiary/aromatic N) is 2. The number of rotatable bonds is 11. The van der Waals surface area contributed by atoms with Crippen LogP contribution in [-0.2, 0) is 16.6 Å². The lowest BCUT2D eigenvalue weighted by atomic mass is 10.2. The zero-order valence-electron chi connectivity index (χ0n) is 17.9. The molecule has 0 aromatic heterocycles. The topological polar surface area (TPSA) is 101 Å². The Labute approximate surface area is 191 Å². The SMILES string of the molecule is CCN(CCCNC(=NC)NCc1cc(OC)c(OC)c(OC)c1)S(C)(=O)=O.I. The van der Waals surface area contributed by atoms with Gasteiger partial charge in [0.15, 0.2) is 17.5 Å². The molecule has 9 nitrogen and oxygen atoms in total. The first-order valence-corrected chi connectivity index (χ1v) is 10.8. The van der Waals surface area contributed by atoms with E-state index in [1.54, 1.807) is 28.4 Å². The molecule has 0 unspecified atom stereocenters. The maximum absolute atomic E-state index is 11.6. The molecule has 0 fully saturated rings. The quantitative estimate of drug-likeness (QED) is 0.189. The zero-order chi connectivity index (χ0) is 21.2. The summed E-state index contributed by atoms with van der Waals surface area (Å²) >= 11 is 0. The summed E-state index contributed by atoms with van der Waals surface area (Å²) in [5.74, 6) is 2.34. The van der Waals surface area contributed by atoms with E-state index >= 15 is 0 Å². The highest BCUT2D eigenvalue weighted by atomic mass is 127. The van der Waals surface area contributed by atoms with Gasteiger partial charge in [-0.3, -0.25) is 4.99 Å². The highest BCUT2D eigenvalue weighted by Crippen LogP contribution is 2.38. The largest absolute Gasteiger partial charge is 0.493 e. The number of halogens is 1. The summed E-state index contributed by atoms with van der Waals surface area (Å²) in [5, 5.41) is 6.39. The summed E-state index contributed by atoms with van der Waals surface area (Å²) in [5.41, 5.74) is 0.937. The lowest BCUT2D eigenvalue weighted by molar-refractivity contribution is 0.323. The van der Waals surface area contributed by atoms with Gasteiger partial charge in [-0.05, 0) is 24.1 Å². The molecule has 11 heteroatoms. The first-order valence-electron chi connectivity index (χ1n) is 8.99. The van der Waals surface area contributed by atoms with E-state index in [1.165, 1.54) is 10.6 Å². The van der Waals surface area contributed by atoms with Crippen LogP contribution in [0.15, 0.2) is 17.1 Å². The molecule has 0 radical (unpaired) electrons.